The largest absolute Gasteiger partial charge is 0.310 e. The molecule has 1 amide bonds. The van der Waals surface area contributed by atoms with Crippen molar-refractivity contribution in [2.24, 2.45) is 5.92 Å². The van der Waals surface area contributed by atoms with E-state index in [2.05, 4.69) is 15.3 Å². The maximum absolute atomic E-state index is 11.7. The number of nitrogens with zero attached hydrogens (tertiary/aromatic N) is 2. The van der Waals surface area contributed by atoms with Crippen LogP contribution >= 0.6 is 23.2 Å². The molecule has 0 radical (unpaired) electrons. The van der Waals surface area contributed by atoms with Gasteiger partial charge in [-0.15, -0.1) is 0 Å². The quantitative estimate of drug-likeness (QED) is 0.669. The Morgan fingerprint density at radius 1 is 1.38 bits per heavy atom. The van der Waals surface area contributed by atoms with E-state index in [0.717, 1.165) is 12.8 Å². The van der Waals surface area contributed by atoms with Gasteiger partial charge in [-0.2, -0.15) is 0 Å². The zero-order valence-electron chi connectivity index (χ0n) is 9.13. The highest BCUT2D eigenvalue weighted by Crippen LogP contribution is 2.16. The first-order chi connectivity index (χ1) is 7.56. The molecule has 88 valence electrons. The third-order valence-electron chi connectivity index (χ3n) is 2.28. The van der Waals surface area contributed by atoms with Gasteiger partial charge in [-0.25, -0.2) is 9.97 Å². The number of hydrogen-bond acceptors (Lipinski definition) is 3. The van der Waals surface area contributed by atoms with Crippen molar-refractivity contribution in [3.63, 3.8) is 0 Å². The standard InChI is InChI=1S/C10H13Cl2N3O/c1-3-6(4-2)9(16)14-8-5-7(11)13-10(12)15-8/h5-6H,3-4H2,1-2H3,(H,13,14,15,16). The fourth-order valence-electron chi connectivity index (χ4n) is 1.34. The zero-order chi connectivity index (χ0) is 12.1. The van der Waals surface area contributed by atoms with E-state index >= 15 is 0 Å². The lowest BCUT2D eigenvalue weighted by atomic mass is 10.0. The SMILES string of the molecule is CCC(CC)C(=O)Nc1cc(Cl)nc(Cl)n1. The van der Waals surface area contributed by atoms with Gasteiger partial charge in [0.15, 0.2) is 0 Å². The average Bonchev–Trinajstić information content (AvgIpc) is 2.17. The van der Waals surface area contributed by atoms with Gasteiger partial charge in [-0.05, 0) is 24.4 Å². The number of nitrogens with one attached hydrogen (secondary N) is 1. The van der Waals surface area contributed by atoms with Crippen LogP contribution in [0, 0.1) is 5.92 Å². The van der Waals surface area contributed by atoms with Crippen molar-refractivity contribution in [1.29, 1.82) is 0 Å². The van der Waals surface area contributed by atoms with Crippen LogP contribution in [0.25, 0.3) is 0 Å². The highest BCUT2D eigenvalue weighted by Gasteiger charge is 2.15. The van der Waals surface area contributed by atoms with Crippen LogP contribution in [0.2, 0.25) is 10.4 Å². The Kier molecular flexibility index (Phi) is 4.96. The van der Waals surface area contributed by atoms with Crippen molar-refractivity contribution < 1.29 is 4.79 Å². The van der Waals surface area contributed by atoms with Gasteiger partial charge in [-0.1, -0.05) is 25.4 Å². The minimum atomic E-state index is -0.0733. The Labute approximate surface area is 104 Å². The first-order valence-corrected chi connectivity index (χ1v) is 5.83. The summed E-state index contributed by atoms with van der Waals surface area (Å²) in [4.78, 5) is 19.3. The summed E-state index contributed by atoms with van der Waals surface area (Å²) >= 11 is 11.3. The molecule has 1 N–H and O–H groups in total. The first-order valence-electron chi connectivity index (χ1n) is 5.07. The summed E-state index contributed by atoms with van der Waals surface area (Å²) in [7, 11) is 0. The van der Waals surface area contributed by atoms with Crippen molar-refractivity contribution in [2.75, 3.05) is 5.32 Å². The maximum atomic E-state index is 11.7. The van der Waals surface area contributed by atoms with Crippen LogP contribution in [0.4, 0.5) is 5.82 Å². The van der Waals surface area contributed by atoms with Crippen molar-refractivity contribution >= 4 is 34.9 Å². The Hall–Kier alpha value is -0.870. The van der Waals surface area contributed by atoms with Gasteiger partial charge in [0.1, 0.15) is 11.0 Å². The van der Waals surface area contributed by atoms with Crippen LogP contribution in [0.15, 0.2) is 6.07 Å². The normalized spacial score (nSPS) is 10.6. The van der Waals surface area contributed by atoms with Crippen molar-refractivity contribution in [3.8, 4) is 0 Å². The second kappa shape index (κ2) is 6.01. The van der Waals surface area contributed by atoms with E-state index in [9.17, 15) is 4.79 Å². The van der Waals surface area contributed by atoms with Crippen LogP contribution < -0.4 is 5.32 Å². The number of amides is 1. The monoisotopic (exact) mass is 261 g/mol. The molecule has 0 aromatic carbocycles. The van der Waals surface area contributed by atoms with Crippen molar-refractivity contribution in [3.05, 3.63) is 16.5 Å². The molecule has 0 unspecified atom stereocenters. The third kappa shape index (κ3) is 3.61. The maximum Gasteiger partial charge on any atom is 0.228 e. The predicted octanol–water partition coefficient (Wildman–Crippen LogP) is 3.16. The van der Waals surface area contributed by atoms with Crippen LogP contribution in [0.5, 0.6) is 0 Å². The molecule has 0 aliphatic carbocycles. The number of anilines is 1. The fraction of sp³-hybridized carbons (Fsp3) is 0.500. The first kappa shape index (κ1) is 13.2. The van der Waals surface area contributed by atoms with E-state index < -0.39 is 0 Å². The highest BCUT2D eigenvalue weighted by atomic mass is 35.5. The molecule has 0 bridgehead atoms. The molecule has 1 heterocycles. The van der Waals surface area contributed by atoms with E-state index in [1.54, 1.807) is 0 Å². The van der Waals surface area contributed by atoms with Gasteiger partial charge in [0.25, 0.3) is 0 Å². The fourth-order valence-corrected chi connectivity index (χ4v) is 1.75. The average molecular weight is 262 g/mol. The molecule has 0 saturated carbocycles. The van der Waals surface area contributed by atoms with Crippen LogP contribution in [0.1, 0.15) is 26.7 Å². The van der Waals surface area contributed by atoms with Crippen molar-refractivity contribution in [2.45, 2.75) is 26.7 Å². The minimum absolute atomic E-state index is 0.0207. The zero-order valence-corrected chi connectivity index (χ0v) is 10.6. The minimum Gasteiger partial charge on any atom is -0.310 e. The predicted molar refractivity (Wildman–Crippen MR) is 64.8 cm³/mol. The number of rotatable bonds is 4. The Morgan fingerprint density at radius 3 is 2.50 bits per heavy atom. The van der Waals surface area contributed by atoms with E-state index in [1.807, 2.05) is 13.8 Å². The number of aromatic nitrogens is 2. The number of carbonyl (C=O) groups is 1. The number of hydrogen-bond donors (Lipinski definition) is 1. The summed E-state index contributed by atoms with van der Waals surface area (Å²) in [5, 5.41) is 2.90. The molecular weight excluding hydrogens is 249 g/mol. The van der Waals surface area contributed by atoms with Crippen molar-refractivity contribution in [1.82, 2.24) is 9.97 Å². The molecule has 0 saturated heterocycles. The molecule has 6 heteroatoms. The molecule has 16 heavy (non-hydrogen) atoms. The number of carbonyl (C=O) groups excluding carboxylic acids is 1. The molecule has 1 rings (SSSR count). The summed E-state index contributed by atoms with van der Waals surface area (Å²) in [5.74, 6) is 0.241. The summed E-state index contributed by atoms with van der Waals surface area (Å²) < 4.78 is 0. The molecular formula is C10H13Cl2N3O. The van der Waals surface area contributed by atoms with Gasteiger partial charge in [0.2, 0.25) is 11.2 Å². The summed E-state index contributed by atoms with van der Waals surface area (Å²) in [5.41, 5.74) is 0. The molecule has 0 spiro atoms. The van der Waals surface area contributed by atoms with E-state index in [-0.39, 0.29) is 22.3 Å². The van der Waals surface area contributed by atoms with Crippen LogP contribution in [0.3, 0.4) is 0 Å². The molecule has 0 fully saturated rings. The Balaban J connectivity index is 2.76. The lowest BCUT2D eigenvalue weighted by Gasteiger charge is -2.12. The molecule has 0 aliphatic rings. The second-order valence-corrected chi connectivity index (χ2v) is 4.07. The lowest BCUT2D eigenvalue weighted by Crippen LogP contribution is -2.22. The van der Waals surface area contributed by atoms with Crippen LogP contribution in [-0.2, 0) is 4.79 Å². The Morgan fingerprint density at radius 2 is 2.00 bits per heavy atom. The summed E-state index contributed by atoms with van der Waals surface area (Å²) in [6, 6.07) is 1.47. The van der Waals surface area contributed by atoms with Gasteiger partial charge in [-0.3, -0.25) is 4.79 Å². The molecule has 1 aromatic heterocycles. The van der Waals surface area contributed by atoms with Gasteiger partial charge >= 0.3 is 0 Å². The summed E-state index contributed by atoms with van der Waals surface area (Å²) in [6.45, 7) is 3.93. The topological polar surface area (TPSA) is 54.9 Å². The highest BCUT2D eigenvalue weighted by molar-refractivity contribution is 6.32. The van der Waals surface area contributed by atoms with Gasteiger partial charge < -0.3 is 5.32 Å². The third-order valence-corrected chi connectivity index (χ3v) is 2.64. The summed E-state index contributed by atoms with van der Waals surface area (Å²) in [6.07, 6.45) is 1.57. The lowest BCUT2D eigenvalue weighted by molar-refractivity contribution is -0.120. The van der Waals surface area contributed by atoms with E-state index in [0.29, 0.717) is 5.82 Å². The number of halogens is 2. The molecule has 0 atom stereocenters. The molecule has 1 aromatic rings. The van der Waals surface area contributed by atoms with E-state index in [1.165, 1.54) is 6.07 Å². The smallest absolute Gasteiger partial charge is 0.228 e. The van der Waals surface area contributed by atoms with Crippen LogP contribution in [-0.4, -0.2) is 15.9 Å². The van der Waals surface area contributed by atoms with E-state index in [4.69, 9.17) is 23.2 Å². The second-order valence-electron chi connectivity index (χ2n) is 3.35. The van der Waals surface area contributed by atoms with Gasteiger partial charge in [0, 0.05) is 12.0 Å². The van der Waals surface area contributed by atoms with Gasteiger partial charge in [0.05, 0.1) is 0 Å². The molecule has 4 nitrogen and oxygen atoms in total. The Bertz CT molecular complexity index is 360. The molecule has 0 aliphatic heterocycles.